The molecule has 9 heteroatoms. The minimum absolute atomic E-state index is 0.164. The summed E-state index contributed by atoms with van der Waals surface area (Å²) in [5.74, 6) is -0.268. The number of carbonyl (C=O) groups is 1. The van der Waals surface area contributed by atoms with Crippen LogP contribution in [-0.2, 0) is 11.3 Å². The zero-order valence-corrected chi connectivity index (χ0v) is 16.5. The molecular formula is C18H21ClN6OS. The number of hydrogen-bond acceptors (Lipinski definition) is 5. The molecule has 2 heterocycles. The third kappa shape index (κ3) is 5.11. The van der Waals surface area contributed by atoms with Gasteiger partial charge in [-0.2, -0.15) is 0 Å². The van der Waals surface area contributed by atoms with Gasteiger partial charge < -0.3 is 15.3 Å². The Morgan fingerprint density at radius 3 is 2.89 bits per heavy atom. The van der Waals surface area contributed by atoms with Gasteiger partial charge in [0.2, 0.25) is 5.91 Å². The van der Waals surface area contributed by atoms with Gasteiger partial charge in [0.15, 0.2) is 16.3 Å². The van der Waals surface area contributed by atoms with Crippen molar-refractivity contribution in [1.29, 1.82) is 5.41 Å². The number of unbranched alkanes of at least 4 members (excludes halogenated alkanes) is 2. The number of aromatic nitrogens is 4. The minimum Gasteiger partial charge on any atom is -0.370 e. The molecule has 0 aliphatic rings. The maximum absolute atomic E-state index is 10.8. The first-order chi connectivity index (χ1) is 12.9. The highest BCUT2D eigenvalue weighted by molar-refractivity contribution is 7.99. The van der Waals surface area contributed by atoms with Crippen molar-refractivity contribution >= 4 is 40.4 Å². The predicted octanol–water partition coefficient (Wildman–Crippen LogP) is 3.40. The predicted molar refractivity (Wildman–Crippen MR) is 106 cm³/mol. The molecule has 3 aromatic rings. The Balaban J connectivity index is 1.78. The molecule has 0 saturated carbocycles. The van der Waals surface area contributed by atoms with Gasteiger partial charge in [-0.1, -0.05) is 29.8 Å². The number of imidazole rings is 1. The molecule has 0 aliphatic heterocycles. The maximum atomic E-state index is 10.8. The van der Waals surface area contributed by atoms with E-state index < -0.39 is 0 Å². The lowest BCUT2D eigenvalue weighted by Crippen LogP contribution is -2.13. The number of halogens is 1. The number of amides is 1. The Bertz CT molecular complexity index is 1010. The molecule has 0 spiro atoms. The number of nitrogens with zero attached hydrogens (tertiary/aromatic N) is 3. The summed E-state index contributed by atoms with van der Waals surface area (Å²) in [6.07, 6.45) is 4.60. The van der Waals surface area contributed by atoms with Crippen molar-refractivity contribution in [3.63, 3.8) is 0 Å². The average molecular weight is 405 g/mol. The topological polar surface area (TPSA) is 113 Å². The number of carbonyl (C=O) groups excluding carboxylic acids is 1. The van der Waals surface area contributed by atoms with Crippen LogP contribution < -0.4 is 11.2 Å². The summed E-state index contributed by atoms with van der Waals surface area (Å²) in [7, 11) is 0. The minimum atomic E-state index is -0.268. The highest BCUT2D eigenvalue weighted by Gasteiger charge is 2.11. The molecule has 0 radical (unpaired) electrons. The molecule has 2 aromatic heterocycles. The number of H-pyrrole nitrogens is 1. The zero-order valence-electron chi connectivity index (χ0n) is 15.0. The van der Waals surface area contributed by atoms with E-state index in [-0.39, 0.29) is 11.4 Å². The molecule has 0 unspecified atom stereocenters. The summed E-state index contributed by atoms with van der Waals surface area (Å²) < 4.78 is 1.93. The summed E-state index contributed by atoms with van der Waals surface area (Å²) >= 11 is 7.60. The molecular weight excluding hydrogens is 384 g/mol. The monoisotopic (exact) mass is 404 g/mol. The SMILES string of the molecule is Cc1cc(Cl)cc(Sc2nc3c([nH]2)c(=N)ncn3CCCCCC(N)=O)c1. The molecule has 1 aromatic carbocycles. The number of fused-ring (bicyclic) bond motifs is 1. The van der Waals surface area contributed by atoms with Gasteiger partial charge in [0.1, 0.15) is 5.52 Å². The quantitative estimate of drug-likeness (QED) is 0.499. The number of nitrogens with one attached hydrogen (secondary N) is 2. The number of hydrogen-bond donors (Lipinski definition) is 3. The van der Waals surface area contributed by atoms with Crippen LogP contribution in [0.5, 0.6) is 0 Å². The van der Waals surface area contributed by atoms with Gasteiger partial charge >= 0.3 is 0 Å². The van der Waals surface area contributed by atoms with Crippen molar-refractivity contribution in [3.8, 4) is 0 Å². The number of rotatable bonds is 8. The Morgan fingerprint density at radius 1 is 1.33 bits per heavy atom. The molecule has 4 N–H and O–H groups in total. The van der Waals surface area contributed by atoms with Crippen molar-refractivity contribution in [2.24, 2.45) is 5.73 Å². The van der Waals surface area contributed by atoms with E-state index in [2.05, 4.69) is 15.0 Å². The maximum Gasteiger partial charge on any atom is 0.217 e. The molecule has 0 fully saturated rings. The van der Waals surface area contributed by atoms with Crippen molar-refractivity contribution in [2.45, 2.75) is 49.2 Å². The van der Waals surface area contributed by atoms with Crippen LogP contribution in [0.3, 0.4) is 0 Å². The van der Waals surface area contributed by atoms with E-state index in [1.165, 1.54) is 11.8 Å². The Hall–Kier alpha value is -2.32. The van der Waals surface area contributed by atoms with E-state index in [4.69, 9.17) is 22.7 Å². The third-order valence-electron chi connectivity index (χ3n) is 4.05. The average Bonchev–Trinajstić information content (AvgIpc) is 3.00. The number of aromatic amines is 1. The van der Waals surface area contributed by atoms with Gasteiger partial charge in [-0.25, -0.2) is 9.97 Å². The second-order valence-electron chi connectivity index (χ2n) is 6.37. The zero-order chi connectivity index (χ0) is 19.4. The second-order valence-corrected chi connectivity index (χ2v) is 7.87. The lowest BCUT2D eigenvalue weighted by Gasteiger charge is -2.06. The Morgan fingerprint density at radius 2 is 2.15 bits per heavy atom. The summed E-state index contributed by atoms with van der Waals surface area (Å²) in [6, 6.07) is 5.83. The summed E-state index contributed by atoms with van der Waals surface area (Å²) in [5.41, 5.74) is 7.71. The number of benzene rings is 1. The summed E-state index contributed by atoms with van der Waals surface area (Å²) in [5, 5.41) is 9.41. The van der Waals surface area contributed by atoms with E-state index >= 15 is 0 Å². The van der Waals surface area contributed by atoms with E-state index in [1.807, 2.05) is 29.7 Å². The Labute approximate surface area is 165 Å². The van der Waals surface area contributed by atoms with Gasteiger partial charge in [-0.05, 0) is 43.5 Å². The van der Waals surface area contributed by atoms with Crippen LogP contribution >= 0.6 is 23.4 Å². The van der Waals surface area contributed by atoms with Gasteiger partial charge in [0.25, 0.3) is 0 Å². The van der Waals surface area contributed by atoms with Crippen molar-refractivity contribution in [1.82, 2.24) is 19.5 Å². The van der Waals surface area contributed by atoms with E-state index in [1.54, 1.807) is 6.33 Å². The standard InChI is InChI=1S/C18H21ClN6OS/c1-11-7-12(19)9-13(8-11)27-18-23-15-16(21)22-10-25(17(15)24-18)6-4-2-3-5-14(20)26/h7-10,21H,2-6H2,1H3,(H2,20,26)(H,23,24). The molecule has 142 valence electrons. The number of primary amides is 1. The largest absolute Gasteiger partial charge is 0.370 e. The van der Waals surface area contributed by atoms with Gasteiger partial charge in [0, 0.05) is 22.9 Å². The van der Waals surface area contributed by atoms with E-state index in [9.17, 15) is 4.79 Å². The molecule has 0 bridgehead atoms. The second kappa shape index (κ2) is 8.58. The number of aryl methyl sites for hydroxylation is 2. The molecule has 27 heavy (non-hydrogen) atoms. The van der Waals surface area contributed by atoms with Crippen LogP contribution in [-0.4, -0.2) is 25.4 Å². The first-order valence-electron chi connectivity index (χ1n) is 8.65. The first kappa shape index (κ1) is 19.4. The number of nitrogens with two attached hydrogens (primary N) is 1. The normalized spacial score (nSPS) is 11.2. The molecule has 3 rings (SSSR count). The van der Waals surface area contributed by atoms with Crippen molar-refractivity contribution in [2.75, 3.05) is 0 Å². The van der Waals surface area contributed by atoms with Crippen LogP contribution in [0.4, 0.5) is 0 Å². The smallest absolute Gasteiger partial charge is 0.217 e. The van der Waals surface area contributed by atoms with Crippen LogP contribution in [0.25, 0.3) is 11.2 Å². The summed E-state index contributed by atoms with van der Waals surface area (Å²) in [6.45, 7) is 2.71. The lowest BCUT2D eigenvalue weighted by molar-refractivity contribution is -0.118. The third-order valence-corrected chi connectivity index (χ3v) is 5.13. The summed E-state index contributed by atoms with van der Waals surface area (Å²) in [4.78, 5) is 23.8. The molecule has 7 nitrogen and oxygen atoms in total. The van der Waals surface area contributed by atoms with Crippen LogP contribution in [0.15, 0.2) is 34.6 Å². The van der Waals surface area contributed by atoms with Crippen LogP contribution in [0.2, 0.25) is 5.02 Å². The Kier molecular flexibility index (Phi) is 6.18. The van der Waals surface area contributed by atoms with Gasteiger partial charge in [-0.15, -0.1) is 0 Å². The molecule has 1 amide bonds. The lowest BCUT2D eigenvalue weighted by atomic mass is 10.2. The van der Waals surface area contributed by atoms with Crippen molar-refractivity contribution in [3.05, 3.63) is 40.6 Å². The fourth-order valence-corrected chi connectivity index (χ4v) is 4.10. The van der Waals surface area contributed by atoms with Crippen LogP contribution in [0.1, 0.15) is 31.2 Å². The highest BCUT2D eigenvalue weighted by atomic mass is 35.5. The van der Waals surface area contributed by atoms with Gasteiger partial charge in [0.05, 0.1) is 6.33 Å². The van der Waals surface area contributed by atoms with E-state index in [0.29, 0.717) is 34.3 Å². The first-order valence-corrected chi connectivity index (χ1v) is 9.85. The molecule has 0 saturated heterocycles. The highest BCUT2D eigenvalue weighted by Crippen LogP contribution is 2.29. The van der Waals surface area contributed by atoms with Gasteiger partial charge in [-0.3, -0.25) is 10.2 Å². The fourth-order valence-electron chi connectivity index (χ4n) is 2.81. The fraction of sp³-hybridized carbons (Fsp3) is 0.333. The van der Waals surface area contributed by atoms with E-state index in [0.717, 1.165) is 29.7 Å². The van der Waals surface area contributed by atoms with Crippen molar-refractivity contribution < 1.29 is 4.79 Å². The van der Waals surface area contributed by atoms with Crippen LogP contribution in [0, 0.1) is 12.3 Å². The molecule has 0 aliphatic carbocycles. The molecule has 0 atom stereocenters.